The lowest BCUT2D eigenvalue weighted by atomic mass is 9.87. The van der Waals surface area contributed by atoms with Crippen molar-refractivity contribution in [1.82, 2.24) is 10.6 Å². The molecule has 0 bridgehead atoms. The van der Waals surface area contributed by atoms with Gasteiger partial charge in [0.1, 0.15) is 0 Å². The van der Waals surface area contributed by atoms with Crippen LogP contribution in [0.25, 0.3) is 11.3 Å². The molecule has 0 saturated heterocycles. The topological polar surface area (TPSA) is 152 Å². The van der Waals surface area contributed by atoms with E-state index < -0.39 is 34.5 Å². The zero-order chi connectivity index (χ0) is 26.5. The van der Waals surface area contributed by atoms with Crippen LogP contribution in [0, 0.1) is 10.1 Å². The van der Waals surface area contributed by atoms with Gasteiger partial charge in [-0.25, -0.2) is 9.59 Å². The van der Waals surface area contributed by atoms with Crippen molar-refractivity contribution in [2.75, 3.05) is 19.0 Å². The maximum Gasteiger partial charge on any atom is 0.411 e. The van der Waals surface area contributed by atoms with E-state index in [9.17, 15) is 24.8 Å². The van der Waals surface area contributed by atoms with E-state index >= 15 is 0 Å². The number of phenolic OH excluding ortho intramolecular Hbond substituents is 1. The van der Waals surface area contributed by atoms with E-state index in [0.29, 0.717) is 28.1 Å². The average Bonchev–Trinajstić information content (AvgIpc) is 2.90. The number of ether oxygens (including phenoxy) is 2. The number of anilines is 1. The number of carbonyl (C=O) groups is 2. The van der Waals surface area contributed by atoms with Gasteiger partial charge < -0.3 is 25.2 Å². The van der Waals surface area contributed by atoms with Gasteiger partial charge in [0, 0.05) is 17.3 Å². The van der Waals surface area contributed by atoms with Gasteiger partial charge in [0.15, 0.2) is 5.75 Å². The van der Waals surface area contributed by atoms with Crippen LogP contribution in [0.1, 0.15) is 29.7 Å². The Morgan fingerprint density at radius 3 is 2.43 bits per heavy atom. The number of benzene rings is 3. The number of nitro groups is 1. The summed E-state index contributed by atoms with van der Waals surface area (Å²) >= 11 is 0. The van der Waals surface area contributed by atoms with E-state index in [2.05, 4.69) is 20.7 Å². The Kier molecular flexibility index (Phi) is 7.23. The molecule has 3 aromatic rings. The van der Waals surface area contributed by atoms with Gasteiger partial charge in [-0.05, 0) is 41.8 Å². The van der Waals surface area contributed by atoms with E-state index in [1.807, 2.05) is 30.3 Å². The van der Waals surface area contributed by atoms with Crippen LogP contribution in [-0.4, -0.2) is 35.9 Å². The SMILES string of the molecule is CCOc1cc(C2NC(=O)NC(c3ccc(NC(=O)OC)cc3)=C2c2ccccc2)cc([N+](=O)[O-])c1O. The van der Waals surface area contributed by atoms with Crippen LogP contribution < -0.4 is 20.7 Å². The molecule has 0 radical (unpaired) electrons. The summed E-state index contributed by atoms with van der Waals surface area (Å²) in [6, 6.07) is 17.3. The molecule has 3 amide bonds. The van der Waals surface area contributed by atoms with Crippen molar-refractivity contribution in [1.29, 1.82) is 0 Å². The Labute approximate surface area is 211 Å². The third-order valence-electron chi connectivity index (χ3n) is 5.67. The van der Waals surface area contributed by atoms with Crippen LogP contribution in [0.4, 0.5) is 21.0 Å². The van der Waals surface area contributed by atoms with Gasteiger partial charge in [-0.3, -0.25) is 15.4 Å². The summed E-state index contributed by atoms with van der Waals surface area (Å²) in [5.41, 5.74) is 2.79. The number of carbonyl (C=O) groups excluding carboxylic acids is 2. The van der Waals surface area contributed by atoms with Crippen LogP contribution in [0.3, 0.4) is 0 Å². The molecule has 11 nitrogen and oxygen atoms in total. The molecule has 0 aliphatic carbocycles. The van der Waals surface area contributed by atoms with Gasteiger partial charge in [0.05, 0.1) is 30.4 Å². The highest BCUT2D eigenvalue weighted by molar-refractivity contribution is 6.03. The van der Waals surface area contributed by atoms with E-state index in [-0.39, 0.29) is 12.4 Å². The van der Waals surface area contributed by atoms with Gasteiger partial charge in [-0.2, -0.15) is 0 Å². The lowest BCUT2D eigenvalue weighted by Crippen LogP contribution is -2.43. The van der Waals surface area contributed by atoms with Crippen molar-refractivity contribution in [3.05, 3.63) is 93.5 Å². The minimum atomic E-state index is -0.822. The minimum absolute atomic E-state index is 0.0633. The molecular formula is C26H24N4O7. The van der Waals surface area contributed by atoms with E-state index in [4.69, 9.17) is 4.74 Å². The molecule has 0 saturated carbocycles. The summed E-state index contributed by atoms with van der Waals surface area (Å²) in [6.45, 7) is 1.86. The predicted octanol–water partition coefficient (Wildman–Crippen LogP) is 4.80. The number of nitro benzene ring substituents is 1. The fourth-order valence-corrected chi connectivity index (χ4v) is 4.05. The Morgan fingerprint density at radius 2 is 1.81 bits per heavy atom. The van der Waals surface area contributed by atoms with E-state index in [1.54, 1.807) is 31.2 Å². The molecule has 4 rings (SSSR count). The number of nitrogens with zero attached hydrogens (tertiary/aromatic N) is 1. The zero-order valence-corrected chi connectivity index (χ0v) is 20.0. The summed E-state index contributed by atoms with van der Waals surface area (Å²) < 4.78 is 10.1. The van der Waals surface area contributed by atoms with E-state index in [0.717, 1.165) is 5.56 Å². The monoisotopic (exact) mass is 504 g/mol. The van der Waals surface area contributed by atoms with Crippen molar-refractivity contribution in [2.24, 2.45) is 0 Å². The normalized spacial score (nSPS) is 14.9. The molecule has 0 aromatic heterocycles. The highest BCUT2D eigenvalue weighted by Crippen LogP contribution is 2.44. The Bertz CT molecular complexity index is 1370. The number of urea groups is 1. The number of hydrogen-bond donors (Lipinski definition) is 4. The maximum absolute atomic E-state index is 12.8. The first-order chi connectivity index (χ1) is 17.8. The average molecular weight is 504 g/mol. The molecule has 1 unspecified atom stereocenters. The Balaban J connectivity index is 1.91. The number of phenols is 1. The van der Waals surface area contributed by atoms with Crippen LogP contribution >= 0.6 is 0 Å². The predicted molar refractivity (Wildman–Crippen MR) is 136 cm³/mol. The van der Waals surface area contributed by atoms with Crippen molar-refractivity contribution in [2.45, 2.75) is 13.0 Å². The van der Waals surface area contributed by atoms with Gasteiger partial charge in [-0.15, -0.1) is 0 Å². The Hall–Kier alpha value is -5.06. The maximum atomic E-state index is 12.8. The summed E-state index contributed by atoms with van der Waals surface area (Å²) in [4.78, 5) is 35.3. The quantitative estimate of drug-likeness (QED) is 0.266. The van der Waals surface area contributed by atoms with Crippen LogP contribution in [0.5, 0.6) is 11.5 Å². The number of nitrogens with one attached hydrogen (secondary N) is 3. The minimum Gasteiger partial charge on any atom is -0.500 e. The Morgan fingerprint density at radius 1 is 1.11 bits per heavy atom. The smallest absolute Gasteiger partial charge is 0.411 e. The summed E-state index contributed by atoms with van der Waals surface area (Å²) in [7, 11) is 1.26. The van der Waals surface area contributed by atoms with Crippen molar-refractivity contribution >= 4 is 34.8 Å². The third-order valence-corrected chi connectivity index (χ3v) is 5.67. The zero-order valence-electron chi connectivity index (χ0n) is 20.0. The van der Waals surface area contributed by atoms with Crippen molar-refractivity contribution < 1.29 is 29.1 Å². The molecule has 11 heteroatoms. The van der Waals surface area contributed by atoms with Crippen molar-refractivity contribution in [3.8, 4) is 11.5 Å². The number of aromatic hydroxyl groups is 1. The number of methoxy groups -OCH3 is 1. The van der Waals surface area contributed by atoms with Gasteiger partial charge in [0.25, 0.3) is 0 Å². The summed E-state index contributed by atoms with van der Waals surface area (Å²) in [5.74, 6) is -0.651. The highest BCUT2D eigenvalue weighted by atomic mass is 16.6. The standard InChI is InChI=1S/C26H24N4O7/c1-3-37-20-14-17(13-19(24(20)31)30(34)35)23-21(15-7-5-4-6-8-15)22(28-25(32)29-23)16-9-11-18(12-10-16)27-26(33)36-2/h4-14,23,31H,3H2,1-2H3,(H,27,33)(H2,28,29,32). The summed E-state index contributed by atoms with van der Waals surface area (Å²) in [5, 5.41) is 30.3. The van der Waals surface area contributed by atoms with Gasteiger partial charge >= 0.3 is 17.8 Å². The molecule has 1 aliphatic rings. The van der Waals surface area contributed by atoms with Gasteiger partial charge in [0.2, 0.25) is 5.75 Å². The van der Waals surface area contributed by atoms with E-state index in [1.165, 1.54) is 19.2 Å². The molecule has 1 atom stereocenters. The first-order valence-corrected chi connectivity index (χ1v) is 11.3. The molecular weight excluding hydrogens is 480 g/mol. The van der Waals surface area contributed by atoms with Crippen LogP contribution in [0.2, 0.25) is 0 Å². The highest BCUT2D eigenvalue weighted by Gasteiger charge is 2.33. The van der Waals surface area contributed by atoms with Crippen molar-refractivity contribution in [3.63, 3.8) is 0 Å². The molecule has 4 N–H and O–H groups in total. The van der Waals surface area contributed by atoms with Crippen LogP contribution in [0.15, 0.2) is 66.7 Å². The largest absolute Gasteiger partial charge is 0.500 e. The fraction of sp³-hybridized carbons (Fsp3) is 0.154. The second-order valence-electron chi connectivity index (χ2n) is 7.96. The second kappa shape index (κ2) is 10.7. The molecule has 0 fully saturated rings. The second-order valence-corrected chi connectivity index (χ2v) is 7.96. The van der Waals surface area contributed by atoms with Crippen LogP contribution in [-0.2, 0) is 4.74 Å². The first kappa shape index (κ1) is 25.0. The summed E-state index contributed by atoms with van der Waals surface area (Å²) in [6.07, 6.45) is -0.619. The molecule has 1 aliphatic heterocycles. The number of amides is 3. The molecule has 37 heavy (non-hydrogen) atoms. The molecule has 3 aromatic carbocycles. The lowest BCUT2D eigenvalue weighted by molar-refractivity contribution is -0.386. The number of hydrogen-bond acceptors (Lipinski definition) is 7. The number of rotatable bonds is 7. The molecule has 1 heterocycles. The lowest BCUT2D eigenvalue weighted by Gasteiger charge is -2.31. The fourth-order valence-electron chi connectivity index (χ4n) is 4.05. The molecule has 0 spiro atoms. The molecule has 190 valence electrons. The third kappa shape index (κ3) is 5.30. The van der Waals surface area contributed by atoms with Gasteiger partial charge in [-0.1, -0.05) is 42.5 Å². The first-order valence-electron chi connectivity index (χ1n) is 11.3.